The number of halogens is 1. The lowest BCUT2D eigenvalue weighted by Gasteiger charge is -2.23. The molecule has 0 radical (unpaired) electrons. The molecule has 1 heterocycles. The third kappa shape index (κ3) is 4.07. The Labute approximate surface area is 103 Å². The van der Waals surface area contributed by atoms with Gasteiger partial charge in [-0.25, -0.2) is 4.98 Å². The average Bonchev–Trinajstić information content (AvgIpc) is 2.19. The molecule has 1 aromatic rings. The van der Waals surface area contributed by atoms with Crippen LogP contribution in [0.2, 0.25) is 5.15 Å². The second kappa shape index (κ2) is 7.07. The van der Waals surface area contributed by atoms with Gasteiger partial charge in [0.05, 0.1) is 0 Å². The normalized spacial score (nSPS) is 8.81. The highest BCUT2D eigenvalue weighted by molar-refractivity contribution is 6.29. The monoisotopic (exact) mass is 238 g/mol. The summed E-state index contributed by atoms with van der Waals surface area (Å²) < 4.78 is 0. The molecule has 0 N–H and O–H groups in total. The highest BCUT2D eigenvalue weighted by Crippen LogP contribution is 2.21. The number of aromatic nitrogens is 1. The van der Waals surface area contributed by atoms with Crippen LogP contribution in [0.1, 0.15) is 27.7 Å². The maximum atomic E-state index is 5.80. The van der Waals surface area contributed by atoms with Crippen molar-refractivity contribution in [2.45, 2.75) is 27.7 Å². The second-order valence-electron chi connectivity index (χ2n) is 3.12. The lowest BCUT2D eigenvalue weighted by molar-refractivity contribution is 1.03. The van der Waals surface area contributed by atoms with Crippen molar-refractivity contribution in [3.05, 3.63) is 47.9 Å². The van der Waals surface area contributed by atoms with Crippen LogP contribution in [0.15, 0.2) is 42.8 Å². The average molecular weight is 239 g/mol. The minimum Gasteiger partial charge on any atom is -0.304 e. The lowest BCUT2D eigenvalue weighted by Crippen LogP contribution is -2.18. The van der Waals surface area contributed by atoms with E-state index in [9.17, 15) is 0 Å². The van der Waals surface area contributed by atoms with Crippen LogP contribution in [0, 0.1) is 0 Å². The summed E-state index contributed by atoms with van der Waals surface area (Å²) in [5.74, 6) is 0.748. The Morgan fingerprint density at radius 2 is 1.69 bits per heavy atom. The zero-order valence-electron chi connectivity index (χ0n) is 10.4. The fraction of sp³-hybridized carbons (Fsp3) is 0.308. The van der Waals surface area contributed by atoms with E-state index in [1.54, 1.807) is 6.07 Å². The van der Waals surface area contributed by atoms with Crippen molar-refractivity contribution in [2.24, 2.45) is 0 Å². The molecule has 88 valence electrons. The Morgan fingerprint density at radius 3 is 2.06 bits per heavy atom. The summed E-state index contributed by atoms with van der Waals surface area (Å²) in [6.07, 6.45) is 0. The number of anilines is 1. The first-order chi connectivity index (χ1) is 7.52. The van der Waals surface area contributed by atoms with Gasteiger partial charge in [0, 0.05) is 11.4 Å². The molecule has 0 spiro atoms. The Balaban J connectivity index is 0.00000106. The zero-order chi connectivity index (χ0) is 12.7. The molecular formula is C13H19ClN2. The van der Waals surface area contributed by atoms with Crippen LogP contribution in [0.5, 0.6) is 0 Å². The topological polar surface area (TPSA) is 16.1 Å². The largest absolute Gasteiger partial charge is 0.304 e. The third-order valence-electron chi connectivity index (χ3n) is 1.69. The smallest absolute Gasteiger partial charge is 0.138 e. The first-order valence-electron chi connectivity index (χ1n) is 5.26. The van der Waals surface area contributed by atoms with Gasteiger partial charge in [0.25, 0.3) is 0 Å². The van der Waals surface area contributed by atoms with Gasteiger partial charge in [-0.1, -0.05) is 44.7 Å². The molecular weight excluding hydrogens is 220 g/mol. The van der Waals surface area contributed by atoms with Crippen molar-refractivity contribution >= 4 is 17.4 Å². The van der Waals surface area contributed by atoms with E-state index in [-0.39, 0.29) is 0 Å². The van der Waals surface area contributed by atoms with Crippen molar-refractivity contribution in [3.8, 4) is 0 Å². The highest BCUT2D eigenvalue weighted by Gasteiger charge is 2.08. The maximum absolute atomic E-state index is 5.80. The van der Waals surface area contributed by atoms with Crippen LogP contribution in [0.25, 0.3) is 0 Å². The minimum absolute atomic E-state index is 0.468. The number of pyridine rings is 1. The molecule has 0 aliphatic heterocycles. The molecule has 1 aromatic heterocycles. The quantitative estimate of drug-likeness (QED) is 0.714. The fourth-order valence-corrected chi connectivity index (χ4v) is 1.40. The predicted molar refractivity (Wildman–Crippen MR) is 72.7 cm³/mol. The van der Waals surface area contributed by atoms with E-state index in [0.29, 0.717) is 5.15 Å². The Kier molecular flexibility index (Phi) is 6.50. The number of allylic oxidation sites excluding steroid dienone is 2. The van der Waals surface area contributed by atoms with E-state index in [2.05, 4.69) is 18.1 Å². The summed E-state index contributed by atoms with van der Waals surface area (Å²) in [5, 5.41) is 0.468. The SMILES string of the molecule is C=C(C)N(C(=C)C)c1cccc(Cl)n1.CC. The molecule has 2 nitrogen and oxygen atoms in total. The third-order valence-corrected chi connectivity index (χ3v) is 1.90. The van der Waals surface area contributed by atoms with Crippen molar-refractivity contribution < 1.29 is 0 Å². The maximum Gasteiger partial charge on any atom is 0.138 e. The van der Waals surface area contributed by atoms with Crippen LogP contribution < -0.4 is 4.90 Å². The van der Waals surface area contributed by atoms with Gasteiger partial charge in [-0.05, 0) is 26.0 Å². The van der Waals surface area contributed by atoms with Gasteiger partial charge in [0.2, 0.25) is 0 Å². The summed E-state index contributed by atoms with van der Waals surface area (Å²) >= 11 is 5.80. The molecule has 0 saturated heterocycles. The Bertz CT molecular complexity index is 358. The van der Waals surface area contributed by atoms with Crippen molar-refractivity contribution in [2.75, 3.05) is 4.90 Å². The molecule has 0 aliphatic rings. The van der Waals surface area contributed by atoms with E-state index >= 15 is 0 Å². The number of rotatable bonds is 3. The number of nitrogens with zero attached hydrogens (tertiary/aromatic N) is 2. The summed E-state index contributed by atoms with van der Waals surface area (Å²) in [4.78, 5) is 6.04. The summed E-state index contributed by atoms with van der Waals surface area (Å²) in [5.41, 5.74) is 1.74. The molecule has 0 unspecified atom stereocenters. The summed E-state index contributed by atoms with van der Waals surface area (Å²) in [7, 11) is 0. The van der Waals surface area contributed by atoms with Crippen LogP contribution in [-0.2, 0) is 0 Å². The zero-order valence-corrected chi connectivity index (χ0v) is 11.2. The van der Waals surface area contributed by atoms with Crippen LogP contribution >= 0.6 is 11.6 Å². The van der Waals surface area contributed by atoms with Gasteiger partial charge < -0.3 is 4.90 Å². The van der Waals surface area contributed by atoms with E-state index < -0.39 is 0 Å². The van der Waals surface area contributed by atoms with Crippen molar-refractivity contribution in [3.63, 3.8) is 0 Å². The first kappa shape index (κ1) is 14.7. The second-order valence-corrected chi connectivity index (χ2v) is 3.51. The molecule has 0 aliphatic carbocycles. The Morgan fingerprint density at radius 1 is 1.19 bits per heavy atom. The lowest BCUT2D eigenvalue weighted by atomic mass is 10.3. The first-order valence-corrected chi connectivity index (χ1v) is 5.64. The molecule has 0 aromatic carbocycles. The van der Waals surface area contributed by atoms with E-state index in [4.69, 9.17) is 11.6 Å². The minimum atomic E-state index is 0.468. The van der Waals surface area contributed by atoms with Gasteiger partial charge >= 0.3 is 0 Å². The Hall–Kier alpha value is -1.28. The number of hydrogen-bond donors (Lipinski definition) is 0. The molecule has 0 bridgehead atoms. The van der Waals surface area contributed by atoms with Crippen molar-refractivity contribution in [1.29, 1.82) is 0 Å². The molecule has 1 rings (SSSR count). The predicted octanol–water partition coefficient (Wildman–Crippen LogP) is 4.63. The molecule has 3 heteroatoms. The summed E-state index contributed by atoms with van der Waals surface area (Å²) in [6, 6.07) is 5.46. The molecule has 0 saturated carbocycles. The van der Waals surface area contributed by atoms with Gasteiger partial charge in [-0.2, -0.15) is 0 Å². The van der Waals surface area contributed by atoms with E-state index in [0.717, 1.165) is 17.2 Å². The molecule has 0 amide bonds. The standard InChI is InChI=1S/C11H13ClN2.C2H6/c1-8(2)14(9(3)4)11-7-5-6-10(12)13-11;1-2/h5-7H,1,3H2,2,4H3;1-2H3. The van der Waals surface area contributed by atoms with E-state index in [1.807, 2.05) is 44.7 Å². The van der Waals surface area contributed by atoms with Gasteiger partial charge in [0.1, 0.15) is 11.0 Å². The fourth-order valence-electron chi connectivity index (χ4n) is 1.24. The highest BCUT2D eigenvalue weighted by atomic mass is 35.5. The molecule has 16 heavy (non-hydrogen) atoms. The van der Waals surface area contributed by atoms with Gasteiger partial charge in [0.15, 0.2) is 0 Å². The van der Waals surface area contributed by atoms with Gasteiger partial charge in [-0.15, -0.1) is 0 Å². The molecule has 0 fully saturated rings. The number of hydrogen-bond acceptors (Lipinski definition) is 2. The van der Waals surface area contributed by atoms with Crippen LogP contribution in [0.3, 0.4) is 0 Å². The van der Waals surface area contributed by atoms with Crippen LogP contribution in [0.4, 0.5) is 5.82 Å². The molecule has 0 atom stereocenters. The van der Waals surface area contributed by atoms with E-state index in [1.165, 1.54) is 0 Å². The van der Waals surface area contributed by atoms with Gasteiger partial charge in [-0.3, -0.25) is 0 Å². The summed E-state index contributed by atoms with van der Waals surface area (Å²) in [6.45, 7) is 15.5. The van der Waals surface area contributed by atoms with Crippen molar-refractivity contribution in [1.82, 2.24) is 4.98 Å². The van der Waals surface area contributed by atoms with Crippen LogP contribution in [-0.4, -0.2) is 4.98 Å².